The maximum absolute atomic E-state index is 10.1. The highest BCUT2D eigenvalue weighted by atomic mass is 16.5. The predicted octanol–water partition coefficient (Wildman–Crippen LogP) is 4.38. The van der Waals surface area contributed by atoms with Gasteiger partial charge in [-0.2, -0.15) is 0 Å². The Bertz CT molecular complexity index is 183. The zero-order valence-electron chi connectivity index (χ0n) is 11.2. The molecule has 0 aromatic rings. The summed E-state index contributed by atoms with van der Waals surface area (Å²) in [5, 5.41) is 0. The Morgan fingerprint density at radius 3 is 2.29 bits per heavy atom. The maximum Gasteiger partial charge on any atom is 0.417 e. The van der Waals surface area contributed by atoms with Crippen LogP contribution in [0.1, 0.15) is 77.6 Å². The molecule has 1 radical (unpaired) electrons. The summed E-state index contributed by atoms with van der Waals surface area (Å²) < 4.78 is 4.90. The lowest BCUT2D eigenvalue weighted by atomic mass is 9.84. The molecule has 0 amide bonds. The molecule has 17 heavy (non-hydrogen) atoms. The van der Waals surface area contributed by atoms with Crippen LogP contribution in [0.5, 0.6) is 0 Å². The Balaban J connectivity index is 1.93. The first-order valence-electron chi connectivity index (χ1n) is 7.39. The van der Waals surface area contributed by atoms with Crippen molar-refractivity contribution in [2.24, 2.45) is 5.92 Å². The molecular formula is C15H27O2. The van der Waals surface area contributed by atoms with E-state index in [1.54, 1.807) is 6.47 Å². The Morgan fingerprint density at radius 1 is 1.00 bits per heavy atom. The molecule has 1 saturated carbocycles. The first-order chi connectivity index (χ1) is 8.36. The molecule has 0 spiro atoms. The second-order valence-corrected chi connectivity index (χ2v) is 5.40. The summed E-state index contributed by atoms with van der Waals surface area (Å²) in [6.45, 7) is 3.84. The summed E-state index contributed by atoms with van der Waals surface area (Å²) in [5.41, 5.74) is 0. The number of hydrogen-bond donors (Lipinski definition) is 0. The normalized spacial score (nSPS) is 24.5. The lowest BCUT2D eigenvalue weighted by Gasteiger charge is -2.26. The second-order valence-electron chi connectivity index (χ2n) is 5.40. The van der Waals surface area contributed by atoms with Gasteiger partial charge in [0.2, 0.25) is 0 Å². The van der Waals surface area contributed by atoms with Crippen molar-refractivity contribution < 1.29 is 9.53 Å². The molecule has 1 rings (SSSR count). The lowest BCUT2D eigenvalue weighted by molar-refractivity contribution is 0.111. The quantitative estimate of drug-likeness (QED) is 0.558. The van der Waals surface area contributed by atoms with Crippen LogP contribution in [-0.2, 0) is 9.53 Å². The molecule has 0 saturated heterocycles. The van der Waals surface area contributed by atoms with Crippen LogP contribution in [0.15, 0.2) is 0 Å². The molecule has 2 heteroatoms. The Labute approximate surface area is 106 Å². The highest BCUT2D eigenvalue weighted by molar-refractivity contribution is 5.38. The van der Waals surface area contributed by atoms with Gasteiger partial charge in [-0.1, -0.05) is 51.9 Å². The van der Waals surface area contributed by atoms with Crippen LogP contribution in [0, 0.1) is 5.92 Å². The van der Waals surface area contributed by atoms with Crippen LogP contribution >= 0.6 is 0 Å². The third-order valence-electron chi connectivity index (χ3n) is 3.97. The van der Waals surface area contributed by atoms with Gasteiger partial charge in [0.25, 0.3) is 0 Å². The number of ether oxygens (including phenoxy) is 1. The van der Waals surface area contributed by atoms with Gasteiger partial charge in [0.1, 0.15) is 6.10 Å². The standard InChI is InChI=1S/C15H27O2/c1-2-3-4-5-6-7-8-14-9-11-15(12-10-14)17-13-16/h14-15H,2-12H2,1H3. The molecule has 0 unspecified atom stereocenters. The highest BCUT2D eigenvalue weighted by Gasteiger charge is 2.21. The van der Waals surface area contributed by atoms with Crippen LogP contribution in [0.4, 0.5) is 0 Å². The van der Waals surface area contributed by atoms with Gasteiger partial charge in [-0.3, -0.25) is 0 Å². The van der Waals surface area contributed by atoms with Crippen molar-refractivity contribution in [3.8, 4) is 0 Å². The monoisotopic (exact) mass is 239 g/mol. The van der Waals surface area contributed by atoms with E-state index in [2.05, 4.69) is 6.92 Å². The molecule has 2 nitrogen and oxygen atoms in total. The van der Waals surface area contributed by atoms with Gasteiger partial charge in [-0.05, 0) is 31.6 Å². The molecule has 1 fully saturated rings. The molecule has 0 aliphatic heterocycles. The minimum atomic E-state index is 0.160. The van der Waals surface area contributed by atoms with E-state index in [1.807, 2.05) is 0 Å². The van der Waals surface area contributed by atoms with Crippen LogP contribution in [-0.4, -0.2) is 12.6 Å². The van der Waals surface area contributed by atoms with E-state index in [0.29, 0.717) is 0 Å². The summed E-state index contributed by atoms with van der Waals surface area (Å²) in [6, 6.07) is 0. The van der Waals surface area contributed by atoms with E-state index >= 15 is 0 Å². The van der Waals surface area contributed by atoms with E-state index in [4.69, 9.17) is 4.74 Å². The molecule has 0 bridgehead atoms. The average molecular weight is 239 g/mol. The van der Waals surface area contributed by atoms with Crippen LogP contribution in [0.2, 0.25) is 0 Å². The average Bonchev–Trinajstić information content (AvgIpc) is 2.36. The van der Waals surface area contributed by atoms with E-state index < -0.39 is 0 Å². The van der Waals surface area contributed by atoms with E-state index in [-0.39, 0.29) is 6.10 Å². The molecule has 1 aliphatic rings. The van der Waals surface area contributed by atoms with Gasteiger partial charge < -0.3 is 4.74 Å². The largest absolute Gasteiger partial charge is 0.454 e. The van der Waals surface area contributed by atoms with Crippen LogP contribution < -0.4 is 0 Å². The van der Waals surface area contributed by atoms with Crippen molar-refractivity contribution in [2.45, 2.75) is 83.7 Å². The first-order valence-corrected chi connectivity index (χ1v) is 7.39. The zero-order valence-corrected chi connectivity index (χ0v) is 11.2. The fraction of sp³-hybridized carbons (Fsp3) is 0.933. The highest BCUT2D eigenvalue weighted by Crippen LogP contribution is 2.29. The van der Waals surface area contributed by atoms with Crippen LogP contribution in [0.25, 0.3) is 0 Å². The third-order valence-corrected chi connectivity index (χ3v) is 3.97. The van der Waals surface area contributed by atoms with E-state index in [0.717, 1.165) is 18.8 Å². The number of unbranched alkanes of at least 4 members (excludes halogenated alkanes) is 5. The van der Waals surface area contributed by atoms with Crippen molar-refractivity contribution in [2.75, 3.05) is 0 Å². The summed E-state index contributed by atoms with van der Waals surface area (Å²) in [4.78, 5) is 10.1. The zero-order chi connectivity index (χ0) is 12.3. The minimum absolute atomic E-state index is 0.160. The molecule has 0 aromatic heterocycles. The summed E-state index contributed by atoms with van der Waals surface area (Å²) >= 11 is 0. The van der Waals surface area contributed by atoms with Gasteiger partial charge in [0.15, 0.2) is 0 Å². The minimum Gasteiger partial charge on any atom is -0.454 e. The van der Waals surface area contributed by atoms with Crippen molar-refractivity contribution in [3.63, 3.8) is 0 Å². The van der Waals surface area contributed by atoms with Crippen molar-refractivity contribution in [1.82, 2.24) is 0 Å². The summed E-state index contributed by atoms with van der Waals surface area (Å²) in [6.07, 6.45) is 14.4. The van der Waals surface area contributed by atoms with E-state index in [1.165, 1.54) is 57.8 Å². The van der Waals surface area contributed by atoms with Gasteiger partial charge in [-0.15, -0.1) is 0 Å². The van der Waals surface area contributed by atoms with Gasteiger partial charge in [0.05, 0.1) is 0 Å². The van der Waals surface area contributed by atoms with Crippen molar-refractivity contribution in [1.29, 1.82) is 0 Å². The molecular weight excluding hydrogens is 212 g/mol. The SMILES string of the molecule is CCCCCCCCC1CCC(O[C]=O)CC1. The Hall–Kier alpha value is -0.530. The summed E-state index contributed by atoms with van der Waals surface area (Å²) in [7, 11) is 0. The molecule has 0 aromatic carbocycles. The molecule has 99 valence electrons. The van der Waals surface area contributed by atoms with Gasteiger partial charge in [0, 0.05) is 0 Å². The van der Waals surface area contributed by atoms with Gasteiger partial charge in [-0.25, -0.2) is 4.79 Å². The fourth-order valence-electron chi connectivity index (χ4n) is 2.82. The third kappa shape index (κ3) is 6.70. The number of hydrogen-bond acceptors (Lipinski definition) is 2. The smallest absolute Gasteiger partial charge is 0.417 e. The van der Waals surface area contributed by atoms with Crippen molar-refractivity contribution >= 4 is 6.47 Å². The topological polar surface area (TPSA) is 26.3 Å². The predicted molar refractivity (Wildman–Crippen MR) is 70.5 cm³/mol. The summed E-state index contributed by atoms with van der Waals surface area (Å²) in [5.74, 6) is 0.882. The Kier molecular flexibility index (Phi) is 8.12. The first kappa shape index (κ1) is 14.5. The lowest BCUT2D eigenvalue weighted by Crippen LogP contribution is -2.21. The second kappa shape index (κ2) is 9.49. The molecule has 0 atom stereocenters. The Morgan fingerprint density at radius 2 is 1.65 bits per heavy atom. The number of rotatable bonds is 9. The van der Waals surface area contributed by atoms with Crippen molar-refractivity contribution in [3.05, 3.63) is 0 Å². The molecule has 0 heterocycles. The number of carbonyl (C=O) groups excluding carboxylic acids is 1. The fourth-order valence-corrected chi connectivity index (χ4v) is 2.82. The van der Waals surface area contributed by atoms with Crippen LogP contribution in [0.3, 0.4) is 0 Å². The molecule has 0 N–H and O–H groups in total. The van der Waals surface area contributed by atoms with E-state index in [9.17, 15) is 4.79 Å². The molecule has 1 aliphatic carbocycles. The van der Waals surface area contributed by atoms with Gasteiger partial charge >= 0.3 is 6.47 Å². The maximum atomic E-state index is 10.1.